The van der Waals surface area contributed by atoms with E-state index in [4.69, 9.17) is 23.7 Å². The summed E-state index contributed by atoms with van der Waals surface area (Å²) in [7, 11) is 0. The van der Waals surface area contributed by atoms with Gasteiger partial charge in [-0.2, -0.15) is 0 Å². The van der Waals surface area contributed by atoms with E-state index in [2.05, 4.69) is 6.92 Å². The van der Waals surface area contributed by atoms with Crippen molar-refractivity contribution in [1.82, 2.24) is 0 Å². The molecule has 12 atom stereocenters. The molecule has 3 heterocycles. The average Bonchev–Trinajstić information content (AvgIpc) is 3.66. The van der Waals surface area contributed by atoms with Gasteiger partial charge in [-0.15, -0.1) is 0 Å². The summed E-state index contributed by atoms with van der Waals surface area (Å²) in [5.41, 5.74) is -2.42. The summed E-state index contributed by atoms with van der Waals surface area (Å²) in [4.78, 5) is 25.1. The van der Waals surface area contributed by atoms with Gasteiger partial charge in [0.05, 0.1) is 34.9 Å². The van der Waals surface area contributed by atoms with Crippen LogP contribution in [0.25, 0.3) is 0 Å². The van der Waals surface area contributed by atoms with E-state index in [1.165, 1.54) is 6.42 Å². The highest BCUT2D eigenvalue weighted by Gasteiger charge is 2.71. The number of esters is 1. The smallest absolute Gasteiger partial charge is 0.331 e. The molecule has 2 N–H and O–H groups in total. The number of hydrogen-bond donors (Lipinski definition) is 2. The molecule has 0 aromatic heterocycles. The zero-order valence-electron chi connectivity index (χ0n) is 26.3. The lowest BCUT2D eigenvalue weighted by Gasteiger charge is -2.65. The van der Waals surface area contributed by atoms with Crippen molar-refractivity contribution in [2.45, 2.75) is 158 Å². The molecule has 1 spiro atoms. The standard InChI is InChI=1S/C35H50O9/c1-21-30-27(43-34(44-30)10-4-3-5-11-34)17-29(41-21)42-23-6-13-32(20-36)25-7-12-31(2)24(22-16-28(37)40-19-22)9-15-35(31,39)26(25)8-14-33(32,38)18-23/h16,20-21,23-27,29-30,38-39H,3-15,17-19H2,1-2H3/t21-,23+,24-,25-,26+,27+,29+,30-,31+,32-,33-,35-/m0/s1. The van der Waals surface area contributed by atoms with Gasteiger partial charge < -0.3 is 38.7 Å². The van der Waals surface area contributed by atoms with E-state index >= 15 is 0 Å². The van der Waals surface area contributed by atoms with Crippen LogP contribution in [0.3, 0.4) is 0 Å². The molecule has 9 nitrogen and oxygen atoms in total. The summed E-state index contributed by atoms with van der Waals surface area (Å²) in [6.45, 7) is 4.52. The van der Waals surface area contributed by atoms with Crippen LogP contribution in [0.2, 0.25) is 0 Å². The summed E-state index contributed by atoms with van der Waals surface area (Å²) < 4.78 is 31.2. The molecule has 8 aliphatic rings. The van der Waals surface area contributed by atoms with Crippen molar-refractivity contribution < 1.29 is 43.5 Å². The third-order valence-electron chi connectivity index (χ3n) is 14.1. The molecule has 244 valence electrons. The SMILES string of the molecule is C[C@@H]1O[C@H](O[C@@H]2CC[C@]3(C=O)[C@H]4CC[C@]5(C)[C@H](C6=CC(=O)OC6)CC[C@]5(O)[C@@H]4CC[C@]3(O)C2)C[C@H]2OC3(CCCCC3)O[C@@H]12. The number of rotatable bonds is 4. The molecule has 3 aliphatic heterocycles. The fourth-order valence-corrected chi connectivity index (χ4v) is 11.9. The second kappa shape index (κ2) is 10.3. The van der Waals surface area contributed by atoms with Crippen molar-refractivity contribution in [3.63, 3.8) is 0 Å². The molecule has 0 bridgehead atoms. The van der Waals surface area contributed by atoms with Crippen LogP contribution in [0.1, 0.15) is 110 Å². The molecule has 0 radical (unpaired) electrons. The lowest BCUT2D eigenvalue weighted by atomic mass is 9.41. The van der Waals surface area contributed by atoms with Gasteiger partial charge in [-0.3, -0.25) is 0 Å². The molecular weight excluding hydrogens is 564 g/mol. The van der Waals surface area contributed by atoms with E-state index in [0.717, 1.165) is 56.8 Å². The van der Waals surface area contributed by atoms with Crippen molar-refractivity contribution in [3.8, 4) is 0 Å². The molecule has 5 saturated carbocycles. The van der Waals surface area contributed by atoms with Crippen LogP contribution in [-0.4, -0.2) is 76.8 Å². The maximum Gasteiger partial charge on any atom is 0.331 e. The molecule has 0 unspecified atom stereocenters. The quantitative estimate of drug-likeness (QED) is 0.268. The number of aldehydes is 1. The minimum atomic E-state index is -1.18. The molecule has 0 aromatic rings. The first-order valence-corrected chi connectivity index (χ1v) is 17.5. The number of carbonyl (C=O) groups is 2. The van der Waals surface area contributed by atoms with Crippen LogP contribution in [0, 0.1) is 28.6 Å². The first-order valence-electron chi connectivity index (χ1n) is 17.5. The van der Waals surface area contributed by atoms with E-state index in [1.807, 2.05) is 6.92 Å². The van der Waals surface area contributed by atoms with Crippen molar-refractivity contribution in [2.24, 2.45) is 28.6 Å². The summed E-state index contributed by atoms with van der Waals surface area (Å²) in [6.07, 6.45) is 13.4. The number of carbonyl (C=O) groups excluding carboxylic acids is 2. The maximum absolute atomic E-state index is 13.2. The first-order chi connectivity index (χ1) is 21.0. The molecule has 9 heteroatoms. The van der Waals surface area contributed by atoms with Crippen molar-refractivity contribution in [3.05, 3.63) is 11.6 Å². The highest BCUT2D eigenvalue weighted by molar-refractivity contribution is 5.85. The van der Waals surface area contributed by atoms with Crippen LogP contribution in [0.15, 0.2) is 11.6 Å². The number of ether oxygens (including phenoxy) is 5. The van der Waals surface area contributed by atoms with Crippen molar-refractivity contribution >= 4 is 12.3 Å². The second-order valence-electron chi connectivity index (χ2n) is 16.0. The Bertz CT molecular complexity index is 1210. The summed E-state index contributed by atoms with van der Waals surface area (Å²) >= 11 is 0. The van der Waals surface area contributed by atoms with Gasteiger partial charge in [0.1, 0.15) is 19.0 Å². The van der Waals surface area contributed by atoms with Gasteiger partial charge in [-0.05, 0) is 94.5 Å². The van der Waals surface area contributed by atoms with E-state index in [9.17, 15) is 19.8 Å². The Morgan fingerprint density at radius 3 is 2.50 bits per heavy atom. The van der Waals surface area contributed by atoms with Gasteiger partial charge >= 0.3 is 5.97 Å². The Kier molecular flexibility index (Phi) is 7.04. The number of fused-ring (bicyclic) bond motifs is 6. The van der Waals surface area contributed by atoms with Gasteiger partial charge in [0.2, 0.25) is 0 Å². The van der Waals surface area contributed by atoms with E-state index < -0.39 is 28.7 Å². The molecule has 2 saturated heterocycles. The van der Waals surface area contributed by atoms with Crippen LogP contribution < -0.4 is 0 Å². The Labute approximate surface area is 260 Å². The molecule has 0 amide bonds. The van der Waals surface area contributed by atoms with Crippen molar-refractivity contribution in [2.75, 3.05) is 6.61 Å². The summed E-state index contributed by atoms with van der Waals surface area (Å²) in [5.74, 6) is -0.828. The number of aliphatic hydroxyl groups is 2. The summed E-state index contributed by atoms with van der Waals surface area (Å²) in [5, 5.41) is 24.8. The van der Waals surface area contributed by atoms with E-state index in [1.54, 1.807) is 6.08 Å². The molecule has 44 heavy (non-hydrogen) atoms. The van der Waals surface area contributed by atoms with Crippen LogP contribution in [0.4, 0.5) is 0 Å². The Balaban J connectivity index is 0.971. The lowest BCUT2D eigenvalue weighted by molar-refractivity contribution is -0.278. The maximum atomic E-state index is 13.2. The lowest BCUT2D eigenvalue weighted by Crippen LogP contribution is -2.69. The minimum absolute atomic E-state index is 0.0600. The fourth-order valence-electron chi connectivity index (χ4n) is 11.9. The zero-order chi connectivity index (χ0) is 30.5. The predicted molar refractivity (Wildman–Crippen MR) is 157 cm³/mol. The topological polar surface area (TPSA) is 121 Å². The Morgan fingerprint density at radius 2 is 1.75 bits per heavy atom. The Morgan fingerprint density at radius 1 is 0.955 bits per heavy atom. The van der Waals surface area contributed by atoms with Crippen LogP contribution in [0.5, 0.6) is 0 Å². The molecular formula is C35H50O9. The third-order valence-corrected chi connectivity index (χ3v) is 14.1. The molecule has 0 aromatic carbocycles. The zero-order valence-corrected chi connectivity index (χ0v) is 26.3. The van der Waals surface area contributed by atoms with Gasteiger partial charge in [0, 0.05) is 37.2 Å². The minimum Gasteiger partial charge on any atom is -0.458 e. The molecule has 5 aliphatic carbocycles. The van der Waals surface area contributed by atoms with Crippen molar-refractivity contribution in [1.29, 1.82) is 0 Å². The first kappa shape index (κ1) is 30.0. The Hall–Kier alpha value is -1.36. The fraction of sp³-hybridized carbons (Fsp3) is 0.886. The highest BCUT2D eigenvalue weighted by atomic mass is 16.8. The average molecular weight is 615 g/mol. The van der Waals surface area contributed by atoms with Gasteiger partial charge in [-0.1, -0.05) is 13.3 Å². The number of hydrogen-bond acceptors (Lipinski definition) is 9. The van der Waals surface area contributed by atoms with Gasteiger partial charge in [0.25, 0.3) is 0 Å². The molecule has 7 fully saturated rings. The van der Waals surface area contributed by atoms with Crippen LogP contribution in [-0.2, 0) is 33.3 Å². The predicted octanol–water partition coefficient (Wildman–Crippen LogP) is 4.50. The monoisotopic (exact) mass is 614 g/mol. The third kappa shape index (κ3) is 4.18. The van der Waals surface area contributed by atoms with E-state index in [-0.39, 0.29) is 53.6 Å². The number of cyclic esters (lactones) is 1. The molecule has 8 rings (SSSR count). The van der Waals surface area contributed by atoms with E-state index in [0.29, 0.717) is 51.6 Å². The highest BCUT2D eigenvalue weighted by Crippen LogP contribution is 2.70. The second-order valence-corrected chi connectivity index (χ2v) is 16.0. The van der Waals surface area contributed by atoms with Crippen LogP contribution >= 0.6 is 0 Å². The largest absolute Gasteiger partial charge is 0.458 e. The van der Waals surface area contributed by atoms with Gasteiger partial charge in [-0.25, -0.2) is 4.79 Å². The normalized spacial score (nSPS) is 52.8. The van der Waals surface area contributed by atoms with Gasteiger partial charge in [0.15, 0.2) is 12.1 Å². The summed E-state index contributed by atoms with van der Waals surface area (Å²) in [6, 6.07) is 0.